The maximum absolute atomic E-state index is 14.1. The summed E-state index contributed by atoms with van der Waals surface area (Å²) in [5, 5.41) is 5.06. The van der Waals surface area contributed by atoms with Crippen LogP contribution in [0.5, 0.6) is 0 Å². The highest BCUT2D eigenvalue weighted by atomic mass is 32.2. The molecule has 0 aliphatic carbocycles. The third-order valence-electron chi connectivity index (χ3n) is 4.32. The number of hydrogen-bond acceptors (Lipinski definition) is 6. The number of amides is 2. The van der Waals surface area contributed by atoms with Crippen LogP contribution in [0, 0.1) is 5.82 Å². The topological polar surface area (TPSA) is 122 Å². The van der Waals surface area contributed by atoms with Gasteiger partial charge < -0.3 is 15.4 Å². The lowest BCUT2D eigenvalue weighted by atomic mass is 10.2. The summed E-state index contributed by atoms with van der Waals surface area (Å²) < 4.78 is 45.3. The SMILES string of the molecule is CCN(CC)S(=O)(=O)c1ccc(F)c(C(=O)OCC(=O)Nc2ccc(NC(C)=O)cc2)c1. The molecule has 0 unspecified atom stereocenters. The zero-order chi connectivity index (χ0) is 23.9. The van der Waals surface area contributed by atoms with Gasteiger partial charge in [0.15, 0.2) is 6.61 Å². The number of anilines is 2. The van der Waals surface area contributed by atoms with Gasteiger partial charge in [-0.15, -0.1) is 0 Å². The van der Waals surface area contributed by atoms with E-state index in [0.717, 1.165) is 18.2 Å². The molecule has 0 spiro atoms. The zero-order valence-electron chi connectivity index (χ0n) is 17.8. The lowest BCUT2D eigenvalue weighted by molar-refractivity contribution is -0.119. The number of benzene rings is 2. The number of ether oxygens (including phenoxy) is 1. The molecule has 0 aliphatic heterocycles. The second-order valence-corrected chi connectivity index (χ2v) is 8.55. The molecule has 0 heterocycles. The molecule has 0 saturated carbocycles. The predicted molar refractivity (Wildman–Crippen MR) is 116 cm³/mol. The fourth-order valence-corrected chi connectivity index (χ4v) is 4.26. The number of esters is 1. The smallest absolute Gasteiger partial charge is 0.341 e. The van der Waals surface area contributed by atoms with Crippen LogP contribution in [-0.4, -0.2) is 50.2 Å². The van der Waals surface area contributed by atoms with Gasteiger partial charge in [-0.05, 0) is 42.5 Å². The second kappa shape index (κ2) is 10.8. The number of halogens is 1. The number of hydrogen-bond donors (Lipinski definition) is 2. The van der Waals surface area contributed by atoms with Crippen LogP contribution in [0.4, 0.5) is 15.8 Å². The first-order valence-corrected chi connectivity index (χ1v) is 11.2. The van der Waals surface area contributed by atoms with E-state index >= 15 is 0 Å². The van der Waals surface area contributed by atoms with Gasteiger partial charge in [0.2, 0.25) is 15.9 Å². The van der Waals surface area contributed by atoms with E-state index in [1.807, 2.05) is 0 Å². The lowest BCUT2D eigenvalue weighted by Crippen LogP contribution is -2.30. The number of carbonyl (C=O) groups excluding carboxylic acids is 3. The number of nitrogens with zero attached hydrogens (tertiary/aromatic N) is 1. The molecule has 0 saturated heterocycles. The van der Waals surface area contributed by atoms with Crippen molar-refractivity contribution < 1.29 is 31.9 Å². The van der Waals surface area contributed by atoms with Crippen molar-refractivity contribution in [1.82, 2.24) is 4.31 Å². The van der Waals surface area contributed by atoms with Crippen LogP contribution in [0.15, 0.2) is 47.4 Å². The van der Waals surface area contributed by atoms with Crippen molar-refractivity contribution in [2.75, 3.05) is 30.3 Å². The average molecular weight is 466 g/mol. The molecule has 0 aromatic heterocycles. The molecule has 9 nitrogen and oxygen atoms in total. The van der Waals surface area contributed by atoms with Crippen LogP contribution in [0.1, 0.15) is 31.1 Å². The molecule has 2 aromatic carbocycles. The van der Waals surface area contributed by atoms with Crippen molar-refractivity contribution >= 4 is 39.2 Å². The van der Waals surface area contributed by atoms with Crippen molar-refractivity contribution in [2.45, 2.75) is 25.7 Å². The third-order valence-corrected chi connectivity index (χ3v) is 6.37. The fourth-order valence-electron chi connectivity index (χ4n) is 2.78. The Balaban J connectivity index is 2.04. The Labute approximate surface area is 185 Å². The molecule has 0 aliphatic rings. The molecule has 32 heavy (non-hydrogen) atoms. The first-order valence-electron chi connectivity index (χ1n) is 9.72. The largest absolute Gasteiger partial charge is 0.452 e. The summed E-state index contributed by atoms with van der Waals surface area (Å²) in [7, 11) is -3.90. The number of carbonyl (C=O) groups is 3. The zero-order valence-corrected chi connectivity index (χ0v) is 18.7. The number of rotatable bonds is 9. The first-order chi connectivity index (χ1) is 15.1. The van der Waals surface area contributed by atoms with Crippen LogP contribution in [-0.2, 0) is 24.3 Å². The Morgan fingerprint density at radius 3 is 2.06 bits per heavy atom. The van der Waals surface area contributed by atoms with Crippen LogP contribution >= 0.6 is 0 Å². The summed E-state index contributed by atoms with van der Waals surface area (Å²) in [6, 6.07) is 9.03. The summed E-state index contributed by atoms with van der Waals surface area (Å²) in [6.45, 7) is 4.39. The molecular weight excluding hydrogens is 441 g/mol. The third kappa shape index (κ3) is 6.34. The predicted octanol–water partition coefficient (Wildman–Crippen LogP) is 2.61. The fraction of sp³-hybridized carbons (Fsp3) is 0.286. The van der Waals surface area contributed by atoms with Gasteiger partial charge in [0.1, 0.15) is 5.82 Å². The van der Waals surface area contributed by atoms with Gasteiger partial charge in [-0.25, -0.2) is 17.6 Å². The van der Waals surface area contributed by atoms with Gasteiger partial charge >= 0.3 is 5.97 Å². The van der Waals surface area contributed by atoms with E-state index in [-0.39, 0.29) is 23.9 Å². The van der Waals surface area contributed by atoms with Crippen LogP contribution in [0.2, 0.25) is 0 Å². The standard InChI is InChI=1S/C21H24FN3O6S/c1-4-25(5-2)32(29,30)17-10-11-19(22)18(12-17)21(28)31-13-20(27)24-16-8-6-15(7-9-16)23-14(3)26/h6-12H,4-5,13H2,1-3H3,(H,23,26)(H,24,27). The Bertz CT molecular complexity index is 1100. The number of nitrogens with one attached hydrogen (secondary N) is 2. The summed E-state index contributed by atoms with van der Waals surface area (Å²) in [5.41, 5.74) is 0.335. The second-order valence-electron chi connectivity index (χ2n) is 6.61. The van der Waals surface area contributed by atoms with Crippen LogP contribution in [0.3, 0.4) is 0 Å². The quantitative estimate of drug-likeness (QED) is 0.549. The van der Waals surface area contributed by atoms with Gasteiger partial charge in [0, 0.05) is 31.4 Å². The number of sulfonamides is 1. The van der Waals surface area contributed by atoms with Gasteiger partial charge in [0.25, 0.3) is 5.91 Å². The Kier molecular flexibility index (Phi) is 8.44. The molecule has 0 atom stereocenters. The van der Waals surface area contributed by atoms with E-state index in [9.17, 15) is 27.2 Å². The van der Waals surface area contributed by atoms with E-state index in [2.05, 4.69) is 10.6 Å². The van der Waals surface area contributed by atoms with E-state index in [1.54, 1.807) is 26.0 Å². The minimum Gasteiger partial charge on any atom is -0.452 e. The molecule has 2 N–H and O–H groups in total. The minimum atomic E-state index is -3.90. The average Bonchev–Trinajstić information content (AvgIpc) is 2.74. The van der Waals surface area contributed by atoms with E-state index in [1.165, 1.54) is 23.4 Å². The van der Waals surface area contributed by atoms with E-state index in [0.29, 0.717) is 11.4 Å². The normalized spacial score (nSPS) is 11.2. The van der Waals surface area contributed by atoms with Gasteiger partial charge in [-0.2, -0.15) is 4.31 Å². The van der Waals surface area contributed by atoms with Crippen molar-refractivity contribution in [3.8, 4) is 0 Å². The van der Waals surface area contributed by atoms with Crippen molar-refractivity contribution in [3.63, 3.8) is 0 Å². The summed E-state index contributed by atoms with van der Waals surface area (Å²) in [4.78, 5) is 35.1. The summed E-state index contributed by atoms with van der Waals surface area (Å²) in [5.74, 6) is -3.06. The summed E-state index contributed by atoms with van der Waals surface area (Å²) >= 11 is 0. The van der Waals surface area contributed by atoms with Gasteiger partial charge in [-0.1, -0.05) is 13.8 Å². The molecule has 11 heteroatoms. The Hall–Kier alpha value is -3.31. The highest BCUT2D eigenvalue weighted by Crippen LogP contribution is 2.20. The van der Waals surface area contributed by atoms with Crippen LogP contribution < -0.4 is 10.6 Å². The van der Waals surface area contributed by atoms with Crippen molar-refractivity contribution in [3.05, 3.63) is 53.8 Å². The van der Waals surface area contributed by atoms with Crippen molar-refractivity contribution in [2.24, 2.45) is 0 Å². The molecule has 2 aromatic rings. The maximum atomic E-state index is 14.1. The van der Waals surface area contributed by atoms with E-state index in [4.69, 9.17) is 4.74 Å². The molecule has 0 fully saturated rings. The first kappa shape index (κ1) is 25.0. The summed E-state index contributed by atoms with van der Waals surface area (Å²) in [6.07, 6.45) is 0. The van der Waals surface area contributed by atoms with Gasteiger partial charge in [0.05, 0.1) is 10.5 Å². The monoisotopic (exact) mass is 465 g/mol. The molecule has 2 amide bonds. The van der Waals surface area contributed by atoms with E-state index < -0.39 is 39.9 Å². The van der Waals surface area contributed by atoms with Crippen molar-refractivity contribution in [1.29, 1.82) is 0 Å². The molecule has 172 valence electrons. The highest BCUT2D eigenvalue weighted by Gasteiger charge is 2.25. The lowest BCUT2D eigenvalue weighted by Gasteiger charge is -2.18. The molecular formula is C21H24FN3O6S. The molecule has 0 bridgehead atoms. The maximum Gasteiger partial charge on any atom is 0.341 e. The molecule has 0 radical (unpaired) electrons. The minimum absolute atomic E-state index is 0.210. The Morgan fingerprint density at radius 2 is 1.53 bits per heavy atom. The van der Waals surface area contributed by atoms with Crippen LogP contribution in [0.25, 0.3) is 0 Å². The molecule has 2 rings (SSSR count). The van der Waals surface area contributed by atoms with Gasteiger partial charge in [-0.3, -0.25) is 9.59 Å². The Morgan fingerprint density at radius 1 is 0.969 bits per heavy atom. The highest BCUT2D eigenvalue weighted by molar-refractivity contribution is 7.89.